The summed E-state index contributed by atoms with van der Waals surface area (Å²) in [6.45, 7) is 6.65. The summed E-state index contributed by atoms with van der Waals surface area (Å²) >= 11 is 0. The van der Waals surface area contributed by atoms with Crippen LogP contribution in [0.3, 0.4) is 0 Å². The van der Waals surface area contributed by atoms with Gasteiger partial charge in [0.2, 0.25) is 5.95 Å². The van der Waals surface area contributed by atoms with E-state index in [9.17, 15) is 9.59 Å². The van der Waals surface area contributed by atoms with E-state index in [0.717, 1.165) is 24.5 Å². The Labute approximate surface area is 158 Å². The molecule has 0 atom stereocenters. The molecule has 0 unspecified atom stereocenters. The molecular weight excluding hydrogens is 346 g/mol. The molecule has 0 saturated carbocycles. The lowest BCUT2D eigenvalue weighted by atomic mass is 10.2. The summed E-state index contributed by atoms with van der Waals surface area (Å²) in [5, 5.41) is 2.70. The highest BCUT2D eigenvalue weighted by atomic mass is 16.5. The number of H-pyrrole nitrogens is 1. The average Bonchev–Trinajstić information content (AvgIpc) is 2.67. The van der Waals surface area contributed by atoms with Gasteiger partial charge in [0, 0.05) is 38.4 Å². The van der Waals surface area contributed by atoms with E-state index < -0.39 is 11.5 Å². The summed E-state index contributed by atoms with van der Waals surface area (Å²) < 4.78 is 5.44. The molecule has 1 amide bonds. The van der Waals surface area contributed by atoms with Crippen molar-refractivity contribution in [3.63, 3.8) is 0 Å². The first kappa shape index (κ1) is 18.8. The van der Waals surface area contributed by atoms with Crippen molar-refractivity contribution in [1.29, 1.82) is 0 Å². The number of nitrogens with zero attached hydrogens (tertiary/aromatic N) is 3. The Hall–Kier alpha value is -3.03. The molecule has 2 N–H and O–H groups in total. The van der Waals surface area contributed by atoms with Crippen molar-refractivity contribution in [2.75, 3.05) is 43.1 Å². The monoisotopic (exact) mass is 371 g/mol. The number of para-hydroxylation sites is 2. The van der Waals surface area contributed by atoms with Crippen molar-refractivity contribution in [3.8, 4) is 5.75 Å². The third-order valence-electron chi connectivity index (χ3n) is 4.46. The molecule has 1 aliphatic rings. The molecule has 2 heterocycles. The second-order valence-corrected chi connectivity index (χ2v) is 6.72. The third-order valence-corrected chi connectivity index (χ3v) is 4.46. The fourth-order valence-corrected chi connectivity index (χ4v) is 3.10. The van der Waals surface area contributed by atoms with Crippen molar-refractivity contribution in [3.05, 3.63) is 46.4 Å². The van der Waals surface area contributed by atoms with Crippen molar-refractivity contribution in [2.24, 2.45) is 0 Å². The number of rotatable bonds is 5. The van der Waals surface area contributed by atoms with Crippen molar-refractivity contribution in [1.82, 2.24) is 15.3 Å². The van der Waals surface area contributed by atoms with Gasteiger partial charge in [0.15, 0.2) is 0 Å². The van der Waals surface area contributed by atoms with Crippen LogP contribution in [0.25, 0.3) is 0 Å². The Kier molecular flexibility index (Phi) is 5.63. The van der Waals surface area contributed by atoms with Crippen LogP contribution >= 0.6 is 0 Å². The van der Waals surface area contributed by atoms with Crippen molar-refractivity contribution < 1.29 is 9.53 Å². The minimum Gasteiger partial charge on any atom is -0.495 e. The fraction of sp³-hybridized carbons (Fsp3) is 0.421. The van der Waals surface area contributed by atoms with Crippen LogP contribution in [-0.2, 0) is 0 Å². The van der Waals surface area contributed by atoms with Gasteiger partial charge in [0.25, 0.3) is 11.5 Å². The number of benzene rings is 1. The van der Waals surface area contributed by atoms with Crippen LogP contribution in [0, 0.1) is 0 Å². The van der Waals surface area contributed by atoms with Gasteiger partial charge < -0.3 is 19.9 Å². The Morgan fingerprint density at radius 2 is 1.85 bits per heavy atom. The van der Waals surface area contributed by atoms with Gasteiger partial charge in [-0.3, -0.25) is 14.6 Å². The molecule has 2 aromatic rings. The number of carbonyl (C=O) groups is 1. The normalized spacial score (nSPS) is 14.4. The Morgan fingerprint density at radius 1 is 1.19 bits per heavy atom. The second kappa shape index (κ2) is 8.11. The van der Waals surface area contributed by atoms with Crippen LogP contribution in [0.2, 0.25) is 0 Å². The summed E-state index contributed by atoms with van der Waals surface area (Å²) in [4.78, 5) is 35.6. The molecule has 3 rings (SSSR count). The number of anilines is 2. The third kappa shape index (κ3) is 4.21. The number of hydrogen-bond acceptors (Lipinski definition) is 6. The quantitative estimate of drug-likeness (QED) is 0.822. The van der Waals surface area contributed by atoms with Gasteiger partial charge in [-0.15, -0.1) is 0 Å². The number of methoxy groups -OCH3 is 1. The highest BCUT2D eigenvalue weighted by molar-refractivity contribution is 5.93. The van der Waals surface area contributed by atoms with E-state index in [4.69, 9.17) is 4.74 Å². The maximum absolute atomic E-state index is 12.3. The lowest BCUT2D eigenvalue weighted by Gasteiger charge is -2.36. The topological polar surface area (TPSA) is 90.6 Å². The van der Waals surface area contributed by atoms with Crippen molar-refractivity contribution >= 4 is 17.5 Å². The zero-order chi connectivity index (χ0) is 19.4. The Balaban J connectivity index is 1.68. The van der Waals surface area contributed by atoms with Gasteiger partial charge in [-0.25, -0.2) is 4.98 Å². The minimum absolute atomic E-state index is 0.0279. The number of piperazine rings is 1. The van der Waals surface area contributed by atoms with Gasteiger partial charge in [0.1, 0.15) is 11.3 Å². The highest BCUT2D eigenvalue weighted by Crippen LogP contribution is 2.28. The Morgan fingerprint density at radius 3 is 2.48 bits per heavy atom. The summed E-state index contributed by atoms with van der Waals surface area (Å²) in [6.07, 6.45) is 1.35. The predicted molar refractivity (Wildman–Crippen MR) is 105 cm³/mol. The van der Waals surface area contributed by atoms with E-state index in [1.54, 1.807) is 7.11 Å². The summed E-state index contributed by atoms with van der Waals surface area (Å²) in [7, 11) is 1.67. The van der Waals surface area contributed by atoms with Crippen molar-refractivity contribution in [2.45, 2.75) is 19.9 Å². The van der Waals surface area contributed by atoms with E-state index >= 15 is 0 Å². The minimum atomic E-state index is -0.426. The first-order valence-corrected chi connectivity index (χ1v) is 9.02. The molecule has 0 radical (unpaired) electrons. The molecule has 1 aliphatic heterocycles. The molecular formula is C19H25N5O3. The molecule has 8 nitrogen and oxygen atoms in total. The van der Waals surface area contributed by atoms with E-state index in [1.165, 1.54) is 6.20 Å². The zero-order valence-corrected chi connectivity index (χ0v) is 15.9. The largest absolute Gasteiger partial charge is 0.495 e. The van der Waals surface area contributed by atoms with Gasteiger partial charge in [-0.1, -0.05) is 12.1 Å². The van der Waals surface area contributed by atoms with Crippen LogP contribution in [0.5, 0.6) is 5.75 Å². The number of hydrogen-bond donors (Lipinski definition) is 2. The van der Waals surface area contributed by atoms with E-state index in [2.05, 4.69) is 20.2 Å². The fourth-order valence-electron chi connectivity index (χ4n) is 3.10. The smallest absolute Gasteiger partial charge is 0.265 e. The molecule has 1 aromatic carbocycles. The number of aromatic nitrogens is 2. The van der Waals surface area contributed by atoms with Crippen LogP contribution in [0.1, 0.15) is 24.2 Å². The standard InChI is InChI=1S/C19H25N5O3/c1-13(2)21-17(25)14-12-20-19(22-18(14)26)24-10-8-23(9-11-24)15-6-4-5-7-16(15)27-3/h4-7,12-13H,8-11H2,1-3H3,(H,21,25)(H,20,22,26). The maximum atomic E-state index is 12.3. The SMILES string of the molecule is COc1ccccc1N1CCN(c2ncc(C(=O)NC(C)C)c(=O)[nH]2)CC1. The molecule has 0 aliphatic carbocycles. The van der Waals surface area contributed by atoms with Gasteiger partial charge >= 0.3 is 0 Å². The van der Waals surface area contributed by atoms with Crippen LogP contribution in [0.4, 0.5) is 11.6 Å². The molecule has 0 bridgehead atoms. The summed E-state index contributed by atoms with van der Waals surface area (Å²) in [6, 6.07) is 7.88. The van der Waals surface area contributed by atoms with E-state index in [0.29, 0.717) is 19.0 Å². The molecule has 1 saturated heterocycles. The summed E-state index contributed by atoms with van der Waals surface area (Å²) in [5.41, 5.74) is 0.659. The second-order valence-electron chi connectivity index (χ2n) is 6.72. The number of amides is 1. The van der Waals surface area contributed by atoms with E-state index in [1.807, 2.05) is 43.0 Å². The lowest BCUT2D eigenvalue weighted by Crippen LogP contribution is -2.47. The first-order valence-electron chi connectivity index (χ1n) is 9.02. The first-order chi connectivity index (χ1) is 13.0. The average molecular weight is 371 g/mol. The number of carbonyl (C=O) groups excluding carboxylic acids is 1. The molecule has 8 heteroatoms. The van der Waals surface area contributed by atoms with Crippen LogP contribution in [0.15, 0.2) is 35.3 Å². The molecule has 27 heavy (non-hydrogen) atoms. The van der Waals surface area contributed by atoms with Gasteiger partial charge in [-0.05, 0) is 26.0 Å². The molecule has 0 spiro atoms. The maximum Gasteiger partial charge on any atom is 0.265 e. The number of ether oxygens (including phenoxy) is 1. The zero-order valence-electron chi connectivity index (χ0n) is 15.9. The molecule has 1 fully saturated rings. The van der Waals surface area contributed by atoms with Gasteiger partial charge in [0.05, 0.1) is 12.8 Å². The number of aromatic amines is 1. The summed E-state index contributed by atoms with van der Waals surface area (Å²) in [5.74, 6) is 0.921. The van der Waals surface area contributed by atoms with E-state index in [-0.39, 0.29) is 11.6 Å². The van der Waals surface area contributed by atoms with Crippen LogP contribution in [-0.4, -0.2) is 55.2 Å². The molecule has 1 aromatic heterocycles. The lowest BCUT2D eigenvalue weighted by molar-refractivity contribution is 0.0941. The van der Waals surface area contributed by atoms with Crippen LogP contribution < -0.4 is 25.4 Å². The number of nitrogens with one attached hydrogen (secondary N) is 2. The van der Waals surface area contributed by atoms with Gasteiger partial charge in [-0.2, -0.15) is 0 Å². The predicted octanol–water partition coefficient (Wildman–Crippen LogP) is 1.24. The highest BCUT2D eigenvalue weighted by Gasteiger charge is 2.22. The molecule has 144 valence electrons. The Bertz CT molecular complexity index is 856.